The number of aryl methyl sites for hydroxylation is 2. The number of aromatic nitrogens is 2. The Morgan fingerprint density at radius 3 is 2.32 bits per heavy atom. The molecule has 1 unspecified atom stereocenters. The number of nitrogens with two attached hydrogens (primary N) is 1. The van der Waals surface area contributed by atoms with Crippen LogP contribution in [0.4, 0.5) is 0 Å². The molecule has 3 nitrogen and oxygen atoms in total. The molecule has 0 saturated carbocycles. The monoisotopic (exact) mass is 263 g/mol. The summed E-state index contributed by atoms with van der Waals surface area (Å²) in [7, 11) is 0. The normalized spacial score (nSPS) is 12.6. The van der Waals surface area contributed by atoms with Crippen LogP contribution >= 0.6 is 0 Å². The number of nitrogens with zero attached hydrogens (tertiary/aromatic N) is 2. The molecule has 1 aromatic rings. The Kier molecular flexibility index (Phi) is 7.65. The van der Waals surface area contributed by atoms with Gasteiger partial charge in [-0.15, -0.1) is 0 Å². The van der Waals surface area contributed by atoms with Crippen molar-refractivity contribution in [1.82, 2.24) is 10.2 Å². The van der Waals surface area contributed by atoms with Crippen molar-refractivity contribution in [2.45, 2.75) is 78.2 Å². The van der Waals surface area contributed by atoms with Crippen molar-refractivity contribution < 1.29 is 0 Å². The molecular weight excluding hydrogens is 234 g/mol. The molecule has 3 heteroatoms. The minimum absolute atomic E-state index is 0.116. The van der Waals surface area contributed by atoms with E-state index in [0.29, 0.717) is 0 Å². The third kappa shape index (κ3) is 6.15. The fourth-order valence-corrected chi connectivity index (χ4v) is 2.42. The first-order chi connectivity index (χ1) is 9.15. The molecule has 0 aromatic carbocycles. The summed E-state index contributed by atoms with van der Waals surface area (Å²) in [6.07, 6.45) is 10.4. The lowest BCUT2D eigenvalue weighted by Gasteiger charge is -2.14. The van der Waals surface area contributed by atoms with Crippen molar-refractivity contribution in [2.75, 3.05) is 0 Å². The highest BCUT2D eigenvalue weighted by molar-refractivity contribution is 5.23. The summed E-state index contributed by atoms with van der Waals surface area (Å²) >= 11 is 0. The molecule has 0 aliphatic heterocycles. The van der Waals surface area contributed by atoms with E-state index in [-0.39, 0.29) is 6.04 Å². The average molecular weight is 263 g/mol. The van der Waals surface area contributed by atoms with Crippen LogP contribution in [-0.2, 0) is 0 Å². The van der Waals surface area contributed by atoms with Gasteiger partial charge in [0.1, 0.15) is 0 Å². The second-order valence-corrected chi connectivity index (χ2v) is 5.54. The minimum atomic E-state index is 0.116. The van der Waals surface area contributed by atoms with Crippen molar-refractivity contribution in [3.63, 3.8) is 0 Å². The van der Waals surface area contributed by atoms with Gasteiger partial charge < -0.3 is 5.73 Å². The fraction of sp³-hybridized carbons (Fsp3) is 0.750. The zero-order valence-electron chi connectivity index (χ0n) is 12.8. The molecule has 0 amide bonds. The first-order valence-electron chi connectivity index (χ1n) is 7.71. The van der Waals surface area contributed by atoms with Crippen LogP contribution in [0.25, 0.3) is 0 Å². The molecule has 0 aliphatic carbocycles. The van der Waals surface area contributed by atoms with E-state index in [1.165, 1.54) is 50.5 Å². The third-order valence-corrected chi connectivity index (χ3v) is 3.66. The van der Waals surface area contributed by atoms with E-state index in [2.05, 4.69) is 23.2 Å². The predicted molar refractivity (Wildman–Crippen MR) is 81.0 cm³/mol. The Labute approximate surface area is 118 Å². The van der Waals surface area contributed by atoms with Gasteiger partial charge in [-0.25, -0.2) is 0 Å². The van der Waals surface area contributed by atoms with E-state index in [9.17, 15) is 0 Å². The molecule has 2 N–H and O–H groups in total. The molecule has 0 fully saturated rings. The van der Waals surface area contributed by atoms with Crippen LogP contribution in [0.15, 0.2) is 6.07 Å². The Balaban J connectivity index is 2.23. The Bertz CT molecular complexity index is 363. The molecule has 108 valence electrons. The lowest BCUT2D eigenvalue weighted by atomic mass is 9.99. The molecule has 1 rings (SSSR count). The Hall–Kier alpha value is -0.960. The van der Waals surface area contributed by atoms with E-state index in [1.807, 2.05) is 13.8 Å². The summed E-state index contributed by atoms with van der Waals surface area (Å²) in [5.41, 5.74) is 9.35. The van der Waals surface area contributed by atoms with Gasteiger partial charge in [0.15, 0.2) is 0 Å². The number of hydrogen-bond donors (Lipinski definition) is 1. The Morgan fingerprint density at radius 1 is 1.00 bits per heavy atom. The molecule has 1 atom stereocenters. The zero-order chi connectivity index (χ0) is 14.1. The highest BCUT2D eigenvalue weighted by Gasteiger charge is 2.10. The molecule has 0 aliphatic rings. The van der Waals surface area contributed by atoms with Gasteiger partial charge in [0.25, 0.3) is 0 Å². The molecule has 1 heterocycles. The van der Waals surface area contributed by atoms with Gasteiger partial charge >= 0.3 is 0 Å². The van der Waals surface area contributed by atoms with Gasteiger partial charge in [-0.05, 0) is 31.9 Å². The maximum absolute atomic E-state index is 6.26. The lowest BCUT2D eigenvalue weighted by molar-refractivity contribution is 0.538. The van der Waals surface area contributed by atoms with Gasteiger partial charge in [-0.2, -0.15) is 10.2 Å². The summed E-state index contributed by atoms with van der Waals surface area (Å²) in [5.74, 6) is 0. The van der Waals surface area contributed by atoms with E-state index >= 15 is 0 Å². The topological polar surface area (TPSA) is 51.8 Å². The van der Waals surface area contributed by atoms with Crippen molar-refractivity contribution in [2.24, 2.45) is 5.73 Å². The number of hydrogen-bond acceptors (Lipinski definition) is 3. The van der Waals surface area contributed by atoms with E-state index < -0.39 is 0 Å². The minimum Gasteiger partial charge on any atom is -0.324 e. The molecule has 19 heavy (non-hydrogen) atoms. The van der Waals surface area contributed by atoms with Crippen LogP contribution in [0, 0.1) is 13.8 Å². The van der Waals surface area contributed by atoms with Crippen LogP contribution in [0.1, 0.15) is 81.3 Å². The van der Waals surface area contributed by atoms with Crippen molar-refractivity contribution >= 4 is 0 Å². The smallest absolute Gasteiger partial charge is 0.0648 e. The van der Waals surface area contributed by atoms with Crippen molar-refractivity contribution in [3.05, 3.63) is 23.0 Å². The SMILES string of the molecule is CCCCCCCCCC(N)c1cc(C)nnc1C. The maximum atomic E-state index is 6.26. The standard InChI is InChI=1S/C16H29N3/c1-4-5-6-7-8-9-10-11-16(17)15-12-13(2)18-19-14(15)3/h12,16H,4-11,17H2,1-3H3. The molecule has 0 bridgehead atoms. The molecule has 1 aromatic heterocycles. The summed E-state index contributed by atoms with van der Waals surface area (Å²) in [6.45, 7) is 6.22. The first kappa shape index (κ1) is 16.1. The van der Waals surface area contributed by atoms with Gasteiger partial charge in [0.05, 0.1) is 11.4 Å². The Morgan fingerprint density at radius 2 is 1.63 bits per heavy atom. The lowest BCUT2D eigenvalue weighted by Crippen LogP contribution is -2.13. The second kappa shape index (κ2) is 9.03. The average Bonchev–Trinajstić information content (AvgIpc) is 2.40. The number of unbranched alkanes of at least 4 members (excludes halogenated alkanes) is 6. The highest BCUT2D eigenvalue weighted by atomic mass is 15.1. The van der Waals surface area contributed by atoms with E-state index in [0.717, 1.165) is 17.8 Å². The van der Waals surface area contributed by atoms with Gasteiger partial charge in [0.2, 0.25) is 0 Å². The summed E-state index contributed by atoms with van der Waals surface area (Å²) in [6, 6.07) is 2.19. The molecule has 0 saturated heterocycles. The third-order valence-electron chi connectivity index (χ3n) is 3.66. The largest absolute Gasteiger partial charge is 0.324 e. The van der Waals surface area contributed by atoms with Gasteiger partial charge in [-0.1, -0.05) is 51.9 Å². The van der Waals surface area contributed by atoms with E-state index in [4.69, 9.17) is 5.73 Å². The zero-order valence-corrected chi connectivity index (χ0v) is 12.8. The van der Waals surface area contributed by atoms with Gasteiger partial charge in [-0.3, -0.25) is 0 Å². The first-order valence-corrected chi connectivity index (χ1v) is 7.71. The fourth-order valence-electron chi connectivity index (χ4n) is 2.42. The predicted octanol–water partition coefficient (Wildman–Crippen LogP) is 4.23. The summed E-state index contributed by atoms with van der Waals surface area (Å²) < 4.78 is 0. The van der Waals surface area contributed by atoms with Crippen LogP contribution in [0.5, 0.6) is 0 Å². The second-order valence-electron chi connectivity index (χ2n) is 5.54. The van der Waals surface area contributed by atoms with Crippen LogP contribution in [0.2, 0.25) is 0 Å². The summed E-state index contributed by atoms with van der Waals surface area (Å²) in [5, 5.41) is 8.20. The van der Waals surface area contributed by atoms with Crippen LogP contribution < -0.4 is 5.73 Å². The van der Waals surface area contributed by atoms with E-state index in [1.54, 1.807) is 0 Å². The highest BCUT2D eigenvalue weighted by Crippen LogP contribution is 2.20. The molecule has 0 radical (unpaired) electrons. The maximum Gasteiger partial charge on any atom is 0.0648 e. The van der Waals surface area contributed by atoms with Crippen LogP contribution in [-0.4, -0.2) is 10.2 Å². The van der Waals surface area contributed by atoms with Crippen LogP contribution in [0.3, 0.4) is 0 Å². The molecule has 0 spiro atoms. The molecular formula is C16H29N3. The number of rotatable bonds is 9. The quantitative estimate of drug-likeness (QED) is 0.678. The van der Waals surface area contributed by atoms with Crippen molar-refractivity contribution in [3.8, 4) is 0 Å². The van der Waals surface area contributed by atoms with Crippen molar-refractivity contribution in [1.29, 1.82) is 0 Å². The van der Waals surface area contributed by atoms with Gasteiger partial charge in [0, 0.05) is 6.04 Å². The summed E-state index contributed by atoms with van der Waals surface area (Å²) in [4.78, 5) is 0.